The molecular weight excluding hydrogens is 388 g/mol. The predicted molar refractivity (Wildman–Crippen MR) is 110 cm³/mol. The molecule has 3 heterocycles. The molecule has 0 spiro atoms. The van der Waals surface area contributed by atoms with Crippen molar-refractivity contribution in [1.29, 1.82) is 0 Å². The van der Waals surface area contributed by atoms with E-state index in [4.69, 9.17) is 9.47 Å². The summed E-state index contributed by atoms with van der Waals surface area (Å²) in [6.07, 6.45) is 2.89. The first-order chi connectivity index (χ1) is 14.5. The molecule has 9 nitrogen and oxygen atoms in total. The van der Waals surface area contributed by atoms with Gasteiger partial charge in [0.2, 0.25) is 0 Å². The number of hydrogen-bond acceptors (Lipinski definition) is 6. The van der Waals surface area contributed by atoms with E-state index < -0.39 is 17.2 Å². The summed E-state index contributed by atoms with van der Waals surface area (Å²) in [7, 11) is 0. The van der Waals surface area contributed by atoms with Crippen LogP contribution in [0.1, 0.15) is 25.3 Å². The summed E-state index contributed by atoms with van der Waals surface area (Å²) in [4.78, 5) is 43.1. The molecule has 1 aromatic carbocycles. The molecular formula is C21H24N4O5. The topological polar surface area (TPSA) is 97.4 Å². The van der Waals surface area contributed by atoms with E-state index in [1.807, 2.05) is 25.1 Å². The molecule has 3 aromatic rings. The Balaban J connectivity index is 1.96. The van der Waals surface area contributed by atoms with Gasteiger partial charge in [0.25, 0.3) is 5.56 Å². The Morgan fingerprint density at radius 1 is 1.30 bits per heavy atom. The number of fused-ring (bicyclic) bond motifs is 1. The van der Waals surface area contributed by atoms with Gasteiger partial charge in [-0.05, 0) is 38.3 Å². The Labute approximate surface area is 172 Å². The van der Waals surface area contributed by atoms with E-state index in [-0.39, 0.29) is 37.0 Å². The zero-order valence-electron chi connectivity index (χ0n) is 17.0. The number of carbonyl (C=O) groups excluding carboxylic acids is 1. The molecule has 9 heteroatoms. The van der Waals surface area contributed by atoms with Crippen LogP contribution in [0.5, 0.6) is 0 Å². The number of benzene rings is 1. The number of hydrogen-bond donors (Lipinski definition) is 0. The highest BCUT2D eigenvalue weighted by molar-refractivity contribution is 5.76. The molecule has 30 heavy (non-hydrogen) atoms. The van der Waals surface area contributed by atoms with Gasteiger partial charge in [0, 0.05) is 6.61 Å². The highest BCUT2D eigenvalue weighted by Crippen LogP contribution is 2.18. The van der Waals surface area contributed by atoms with Gasteiger partial charge in [0.1, 0.15) is 6.54 Å². The maximum absolute atomic E-state index is 13.4. The normalized spacial score (nSPS) is 16.3. The molecule has 1 fully saturated rings. The summed E-state index contributed by atoms with van der Waals surface area (Å²) in [5, 5.41) is 0. The summed E-state index contributed by atoms with van der Waals surface area (Å²) in [6, 6.07) is 7.40. The summed E-state index contributed by atoms with van der Waals surface area (Å²) < 4.78 is 14.7. The molecule has 0 unspecified atom stereocenters. The minimum atomic E-state index is -0.489. The lowest BCUT2D eigenvalue weighted by Gasteiger charge is -2.16. The van der Waals surface area contributed by atoms with E-state index in [1.54, 1.807) is 13.0 Å². The van der Waals surface area contributed by atoms with Gasteiger partial charge in [0.05, 0.1) is 31.3 Å². The number of para-hydroxylation sites is 1. The number of aromatic nitrogens is 4. The van der Waals surface area contributed by atoms with Crippen molar-refractivity contribution in [2.75, 3.05) is 13.2 Å². The average molecular weight is 412 g/mol. The van der Waals surface area contributed by atoms with Crippen LogP contribution in [-0.4, -0.2) is 44.0 Å². The van der Waals surface area contributed by atoms with Crippen LogP contribution in [0, 0.1) is 6.92 Å². The summed E-state index contributed by atoms with van der Waals surface area (Å²) in [6.45, 7) is 4.46. The van der Waals surface area contributed by atoms with Crippen molar-refractivity contribution in [3.8, 4) is 5.69 Å². The third-order valence-electron chi connectivity index (χ3n) is 5.27. The summed E-state index contributed by atoms with van der Waals surface area (Å²) in [5.41, 5.74) is 0.935. The van der Waals surface area contributed by atoms with E-state index >= 15 is 0 Å². The van der Waals surface area contributed by atoms with Crippen LogP contribution in [0.2, 0.25) is 0 Å². The third-order valence-corrected chi connectivity index (χ3v) is 5.27. The molecule has 0 bridgehead atoms. The van der Waals surface area contributed by atoms with Crippen LogP contribution in [0.3, 0.4) is 0 Å². The highest BCUT2D eigenvalue weighted by Gasteiger charge is 2.24. The first kappa shape index (κ1) is 20.1. The van der Waals surface area contributed by atoms with E-state index in [0.29, 0.717) is 12.3 Å². The second-order valence-electron chi connectivity index (χ2n) is 7.30. The maximum Gasteiger partial charge on any atom is 0.337 e. The van der Waals surface area contributed by atoms with Crippen LogP contribution in [0.4, 0.5) is 0 Å². The van der Waals surface area contributed by atoms with E-state index in [1.165, 1.54) is 20.0 Å². The van der Waals surface area contributed by atoms with Gasteiger partial charge in [-0.2, -0.15) is 0 Å². The molecule has 1 aliphatic rings. The largest absolute Gasteiger partial charge is 0.465 e. The van der Waals surface area contributed by atoms with Crippen molar-refractivity contribution in [2.24, 2.45) is 0 Å². The average Bonchev–Trinajstić information content (AvgIpc) is 3.37. The molecule has 0 saturated carbocycles. The van der Waals surface area contributed by atoms with Crippen LogP contribution < -0.4 is 11.2 Å². The monoisotopic (exact) mass is 412 g/mol. The fourth-order valence-corrected chi connectivity index (χ4v) is 3.83. The lowest BCUT2D eigenvalue weighted by atomic mass is 10.2. The van der Waals surface area contributed by atoms with Crippen LogP contribution >= 0.6 is 0 Å². The van der Waals surface area contributed by atoms with Gasteiger partial charge in [-0.3, -0.25) is 14.2 Å². The lowest BCUT2D eigenvalue weighted by Crippen LogP contribution is -2.42. The van der Waals surface area contributed by atoms with E-state index in [0.717, 1.165) is 18.4 Å². The van der Waals surface area contributed by atoms with Crippen LogP contribution in [-0.2, 0) is 27.4 Å². The summed E-state index contributed by atoms with van der Waals surface area (Å²) >= 11 is 0. The Hall–Kier alpha value is -3.20. The van der Waals surface area contributed by atoms with Crippen molar-refractivity contribution in [3.05, 3.63) is 57.0 Å². The molecule has 1 atom stereocenters. The summed E-state index contributed by atoms with van der Waals surface area (Å²) in [5.74, 6) is -0.476. The zero-order chi connectivity index (χ0) is 21.3. The molecule has 1 saturated heterocycles. The quantitative estimate of drug-likeness (QED) is 0.568. The van der Waals surface area contributed by atoms with Crippen LogP contribution in [0.25, 0.3) is 16.9 Å². The SMILES string of the molecule is CCOC(=O)Cn1cnc2c1c(=O)n(C[C@H]1CCCO1)c(=O)n2-c1ccccc1C. The number of imidazole rings is 1. The molecule has 4 rings (SSSR count). The van der Waals surface area contributed by atoms with Gasteiger partial charge in [-0.25, -0.2) is 14.3 Å². The van der Waals surface area contributed by atoms with Gasteiger partial charge in [-0.1, -0.05) is 18.2 Å². The predicted octanol–water partition coefficient (Wildman–Crippen LogP) is 1.40. The van der Waals surface area contributed by atoms with Gasteiger partial charge < -0.3 is 14.0 Å². The molecule has 0 amide bonds. The fourth-order valence-electron chi connectivity index (χ4n) is 3.83. The van der Waals surface area contributed by atoms with Gasteiger partial charge in [0.15, 0.2) is 11.2 Å². The fraction of sp³-hybridized carbons (Fsp3) is 0.429. The molecule has 0 aliphatic carbocycles. The Morgan fingerprint density at radius 3 is 2.80 bits per heavy atom. The smallest absolute Gasteiger partial charge is 0.337 e. The number of esters is 1. The minimum absolute atomic E-state index is 0.157. The van der Waals surface area contributed by atoms with Crippen molar-refractivity contribution >= 4 is 17.1 Å². The number of rotatable bonds is 6. The Kier molecular flexibility index (Phi) is 5.54. The standard InChI is InChI=1S/C21H24N4O5/c1-3-29-17(26)12-23-13-22-19-18(23)20(27)24(11-15-8-6-10-30-15)21(28)25(19)16-9-5-4-7-14(16)2/h4-5,7,9,13,15H,3,6,8,10-12H2,1-2H3/t15-/m1/s1. The maximum atomic E-state index is 13.4. The number of ether oxygens (including phenoxy) is 2. The lowest BCUT2D eigenvalue weighted by molar-refractivity contribution is -0.143. The van der Waals surface area contributed by atoms with Crippen LogP contribution in [0.15, 0.2) is 40.2 Å². The second kappa shape index (κ2) is 8.27. The highest BCUT2D eigenvalue weighted by atomic mass is 16.5. The number of carbonyl (C=O) groups is 1. The second-order valence-corrected chi connectivity index (χ2v) is 7.30. The van der Waals surface area contributed by atoms with Crippen molar-refractivity contribution in [2.45, 2.75) is 45.9 Å². The third kappa shape index (κ3) is 3.56. The zero-order valence-corrected chi connectivity index (χ0v) is 17.0. The first-order valence-corrected chi connectivity index (χ1v) is 10.0. The minimum Gasteiger partial charge on any atom is -0.465 e. The van der Waals surface area contributed by atoms with Crippen molar-refractivity contribution < 1.29 is 14.3 Å². The first-order valence-electron chi connectivity index (χ1n) is 10.0. The van der Waals surface area contributed by atoms with Gasteiger partial charge >= 0.3 is 11.7 Å². The molecule has 0 radical (unpaired) electrons. The van der Waals surface area contributed by atoms with E-state index in [9.17, 15) is 14.4 Å². The van der Waals surface area contributed by atoms with Crippen molar-refractivity contribution in [1.82, 2.24) is 18.7 Å². The molecule has 158 valence electrons. The number of nitrogens with zero attached hydrogens (tertiary/aromatic N) is 4. The van der Waals surface area contributed by atoms with E-state index in [2.05, 4.69) is 4.98 Å². The molecule has 0 N–H and O–H groups in total. The Bertz CT molecular complexity index is 1200. The van der Waals surface area contributed by atoms with Gasteiger partial charge in [-0.15, -0.1) is 0 Å². The molecule has 2 aromatic heterocycles. The molecule has 1 aliphatic heterocycles. The Morgan fingerprint density at radius 2 is 2.10 bits per heavy atom. The van der Waals surface area contributed by atoms with Crippen molar-refractivity contribution in [3.63, 3.8) is 0 Å². The number of aryl methyl sites for hydroxylation is 1.